The maximum Gasteiger partial charge on any atom is 0.267 e. The molecular weight excluding hydrogens is 356 g/mol. The van der Waals surface area contributed by atoms with Crippen LogP contribution in [0.1, 0.15) is 29.7 Å². The summed E-state index contributed by atoms with van der Waals surface area (Å²) in [6, 6.07) is 3.45. The fourth-order valence-electron chi connectivity index (χ4n) is 4.02. The molecule has 2 aliphatic rings. The van der Waals surface area contributed by atoms with Gasteiger partial charge in [0.15, 0.2) is 0 Å². The number of rotatable bonds is 5. The van der Waals surface area contributed by atoms with Crippen molar-refractivity contribution >= 4 is 0 Å². The molecule has 0 saturated carbocycles. The summed E-state index contributed by atoms with van der Waals surface area (Å²) < 4.78 is 2.99. The Bertz CT molecular complexity index is 942. The van der Waals surface area contributed by atoms with Gasteiger partial charge in [-0.2, -0.15) is 10.2 Å². The van der Waals surface area contributed by atoms with Crippen molar-refractivity contribution in [3.05, 3.63) is 55.9 Å². The minimum absolute atomic E-state index is 0.0254. The van der Waals surface area contributed by atoms with Gasteiger partial charge in [0.05, 0.1) is 18.4 Å². The topological polar surface area (TPSA) is 76.3 Å². The van der Waals surface area contributed by atoms with E-state index in [1.54, 1.807) is 30.1 Å². The molecule has 0 N–H and O–H groups in total. The Morgan fingerprint density at radius 3 is 2.46 bits per heavy atom. The van der Waals surface area contributed by atoms with Crippen LogP contribution in [-0.2, 0) is 33.0 Å². The third-order valence-corrected chi connectivity index (χ3v) is 5.80. The Morgan fingerprint density at radius 2 is 1.68 bits per heavy atom. The molecule has 0 aromatic carbocycles. The van der Waals surface area contributed by atoms with Crippen LogP contribution in [0.4, 0.5) is 0 Å². The standard InChI is InChI=1S/C20H28N6O2/c1-23-19(27)12-16(14-21-23)15-25-8-6-24(7-9-25)10-11-26-20(28)13-17-4-2-3-5-18(17)22-26/h12-14H,2-11,15H2,1H3. The molecule has 1 aliphatic carbocycles. The smallest absolute Gasteiger partial charge is 0.267 e. The van der Waals surface area contributed by atoms with Gasteiger partial charge < -0.3 is 0 Å². The second-order valence-electron chi connectivity index (χ2n) is 7.83. The average Bonchev–Trinajstić information content (AvgIpc) is 2.70. The largest absolute Gasteiger partial charge is 0.299 e. The number of hydrogen-bond acceptors (Lipinski definition) is 6. The van der Waals surface area contributed by atoms with Crippen LogP contribution in [0.5, 0.6) is 0 Å². The minimum Gasteiger partial charge on any atom is -0.299 e. The third kappa shape index (κ3) is 4.39. The second kappa shape index (κ2) is 8.36. The molecule has 0 bridgehead atoms. The van der Waals surface area contributed by atoms with E-state index in [1.807, 2.05) is 0 Å². The van der Waals surface area contributed by atoms with E-state index in [1.165, 1.54) is 11.1 Å². The van der Waals surface area contributed by atoms with Gasteiger partial charge in [-0.1, -0.05) is 0 Å². The van der Waals surface area contributed by atoms with Crippen molar-refractivity contribution in [3.8, 4) is 0 Å². The molecule has 8 heteroatoms. The second-order valence-corrected chi connectivity index (χ2v) is 7.83. The van der Waals surface area contributed by atoms with E-state index in [2.05, 4.69) is 20.0 Å². The van der Waals surface area contributed by atoms with Crippen LogP contribution in [0.15, 0.2) is 27.9 Å². The van der Waals surface area contributed by atoms with Crippen molar-refractivity contribution in [1.29, 1.82) is 0 Å². The first-order chi connectivity index (χ1) is 13.6. The van der Waals surface area contributed by atoms with Crippen LogP contribution >= 0.6 is 0 Å². The van der Waals surface area contributed by atoms with Crippen molar-refractivity contribution in [3.63, 3.8) is 0 Å². The summed E-state index contributed by atoms with van der Waals surface area (Å²) in [6.07, 6.45) is 6.08. The first kappa shape index (κ1) is 19.0. The summed E-state index contributed by atoms with van der Waals surface area (Å²) in [4.78, 5) is 28.7. The van der Waals surface area contributed by atoms with Crippen LogP contribution in [0, 0.1) is 0 Å². The highest BCUT2D eigenvalue weighted by molar-refractivity contribution is 5.20. The predicted molar refractivity (Wildman–Crippen MR) is 106 cm³/mol. The molecule has 3 heterocycles. The Kier molecular flexibility index (Phi) is 5.68. The summed E-state index contributed by atoms with van der Waals surface area (Å²) in [7, 11) is 1.66. The molecule has 2 aromatic heterocycles. The summed E-state index contributed by atoms with van der Waals surface area (Å²) in [6.45, 7) is 6.04. The lowest BCUT2D eigenvalue weighted by molar-refractivity contribution is 0.122. The van der Waals surface area contributed by atoms with Crippen molar-refractivity contribution in [2.45, 2.75) is 38.8 Å². The van der Waals surface area contributed by atoms with E-state index in [0.717, 1.165) is 75.4 Å². The number of piperazine rings is 1. The van der Waals surface area contributed by atoms with E-state index in [9.17, 15) is 9.59 Å². The molecule has 8 nitrogen and oxygen atoms in total. The van der Waals surface area contributed by atoms with E-state index < -0.39 is 0 Å². The predicted octanol–water partition coefficient (Wildman–Crippen LogP) is 0.0336. The molecule has 0 unspecified atom stereocenters. The summed E-state index contributed by atoms with van der Waals surface area (Å²) in [5.74, 6) is 0. The summed E-state index contributed by atoms with van der Waals surface area (Å²) >= 11 is 0. The third-order valence-electron chi connectivity index (χ3n) is 5.80. The molecular formula is C20H28N6O2. The molecule has 2 aromatic rings. The molecule has 28 heavy (non-hydrogen) atoms. The van der Waals surface area contributed by atoms with Crippen LogP contribution in [-0.4, -0.2) is 62.1 Å². The van der Waals surface area contributed by atoms with E-state index >= 15 is 0 Å². The molecule has 150 valence electrons. The Labute approximate surface area is 164 Å². The zero-order chi connectivity index (χ0) is 19.5. The van der Waals surface area contributed by atoms with Crippen molar-refractivity contribution in [1.82, 2.24) is 29.4 Å². The first-order valence-corrected chi connectivity index (χ1v) is 10.2. The molecule has 0 radical (unpaired) electrons. The number of nitrogens with zero attached hydrogens (tertiary/aromatic N) is 6. The lowest BCUT2D eigenvalue weighted by Gasteiger charge is -2.34. The number of hydrogen-bond donors (Lipinski definition) is 0. The Morgan fingerprint density at radius 1 is 0.929 bits per heavy atom. The molecule has 1 saturated heterocycles. The van der Waals surface area contributed by atoms with Crippen molar-refractivity contribution in [2.24, 2.45) is 7.05 Å². The van der Waals surface area contributed by atoms with Crippen LogP contribution in [0.2, 0.25) is 0 Å². The van der Waals surface area contributed by atoms with Gasteiger partial charge in [-0.05, 0) is 36.8 Å². The van der Waals surface area contributed by atoms with Crippen molar-refractivity contribution in [2.75, 3.05) is 32.7 Å². The average molecular weight is 384 g/mol. The van der Waals surface area contributed by atoms with E-state index in [0.29, 0.717) is 6.54 Å². The van der Waals surface area contributed by atoms with E-state index in [4.69, 9.17) is 0 Å². The molecule has 0 amide bonds. The zero-order valence-electron chi connectivity index (χ0n) is 16.5. The van der Waals surface area contributed by atoms with Gasteiger partial charge in [-0.25, -0.2) is 9.36 Å². The van der Waals surface area contributed by atoms with Crippen LogP contribution < -0.4 is 11.1 Å². The highest BCUT2D eigenvalue weighted by Gasteiger charge is 2.18. The molecule has 1 fully saturated rings. The lowest BCUT2D eigenvalue weighted by atomic mass is 9.97. The van der Waals surface area contributed by atoms with Gasteiger partial charge in [0, 0.05) is 58.4 Å². The van der Waals surface area contributed by atoms with Crippen molar-refractivity contribution < 1.29 is 0 Å². The summed E-state index contributed by atoms with van der Waals surface area (Å²) in [5, 5.41) is 8.70. The Hall–Kier alpha value is -2.32. The number of fused-ring (bicyclic) bond motifs is 1. The highest BCUT2D eigenvalue weighted by atomic mass is 16.1. The number of aromatic nitrogens is 4. The molecule has 1 aliphatic heterocycles. The molecule has 4 rings (SSSR count). The van der Waals surface area contributed by atoms with Crippen LogP contribution in [0.25, 0.3) is 0 Å². The zero-order valence-corrected chi connectivity index (χ0v) is 16.5. The fourth-order valence-corrected chi connectivity index (χ4v) is 4.02. The fraction of sp³-hybridized carbons (Fsp3) is 0.600. The SMILES string of the molecule is Cn1ncc(CN2CCN(CCn3nc4c(cc3=O)CCCC4)CC2)cc1=O. The van der Waals surface area contributed by atoms with Gasteiger partial charge in [0.2, 0.25) is 0 Å². The monoisotopic (exact) mass is 384 g/mol. The minimum atomic E-state index is -0.0703. The van der Waals surface area contributed by atoms with E-state index in [-0.39, 0.29) is 11.1 Å². The van der Waals surface area contributed by atoms with Gasteiger partial charge in [0.1, 0.15) is 0 Å². The highest BCUT2D eigenvalue weighted by Crippen LogP contribution is 2.16. The van der Waals surface area contributed by atoms with Gasteiger partial charge in [-0.3, -0.25) is 19.4 Å². The van der Waals surface area contributed by atoms with Gasteiger partial charge in [0.25, 0.3) is 11.1 Å². The lowest BCUT2D eigenvalue weighted by Crippen LogP contribution is -2.47. The first-order valence-electron chi connectivity index (χ1n) is 10.2. The summed E-state index contributed by atoms with van der Waals surface area (Å²) in [5.41, 5.74) is 3.17. The maximum absolute atomic E-state index is 12.3. The Balaban J connectivity index is 1.28. The molecule has 0 spiro atoms. The maximum atomic E-state index is 12.3. The number of aryl methyl sites for hydroxylation is 3. The normalized spacial score (nSPS) is 18.2. The van der Waals surface area contributed by atoms with Gasteiger partial charge >= 0.3 is 0 Å². The molecule has 0 atom stereocenters. The van der Waals surface area contributed by atoms with Crippen LogP contribution in [0.3, 0.4) is 0 Å². The quantitative estimate of drug-likeness (QED) is 0.724. The van der Waals surface area contributed by atoms with Gasteiger partial charge in [-0.15, -0.1) is 0 Å².